The van der Waals surface area contributed by atoms with Crippen LogP contribution in [0.15, 0.2) is 24.5 Å². The minimum Gasteiger partial charge on any atom is -0.496 e. The average molecular weight is 231 g/mol. The second-order valence-electron chi connectivity index (χ2n) is 3.97. The fourth-order valence-electron chi connectivity index (χ4n) is 1.86. The smallest absolute Gasteiger partial charge is 0.131 e. The van der Waals surface area contributed by atoms with Crippen LogP contribution in [0.4, 0.5) is 5.82 Å². The fourth-order valence-corrected chi connectivity index (χ4v) is 1.86. The van der Waals surface area contributed by atoms with Crippen molar-refractivity contribution >= 4 is 5.82 Å². The average Bonchev–Trinajstić information content (AvgIpc) is 2.69. The number of methoxy groups -OCH3 is 1. The minimum atomic E-state index is 0.678. The zero-order chi connectivity index (χ0) is 12.4. The first-order valence-corrected chi connectivity index (χ1v) is 5.61. The molecule has 0 radical (unpaired) electrons. The van der Waals surface area contributed by atoms with Crippen molar-refractivity contribution in [1.82, 2.24) is 9.55 Å². The number of hydrogen-bond donors (Lipinski definition) is 1. The van der Waals surface area contributed by atoms with Gasteiger partial charge in [0.15, 0.2) is 0 Å². The third-order valence-electron chi connectivity index (χ3n) is 2.92. The van der Waals surface area contributed by atoms with Crippen LogP contribution in [0.25, 0.3) is 11.3 Å². The van der Waals surface area contributed by atoms with E-state index < -0.39 is 0 Å². The number of imidazole rings is 1. The van der Waals surface area contributed by atoms with Crippen molar-refractivity contribution < 1.29 is 4.74 Å². The third-order valence-corrected chi connectivity index (χ3v) is 2.92. The molecule has 0 aliphatic heterocycles. The lowest BCUT2D eigenvalue weighted by molar-refractivity contribution is 0.410. The van der Waals surface area contributed by atoms with Crippen molar-refractivity contribution in [2.75, 3.05) is 12.8 Å². The van der Waals surface area contributed by atoms with Gasteiger partial charge >= 0.3 is 0 Å². The van der Waals surface area contributed by atoms with Gasteiger partial charge in [0.25, 0.3) is 0 Å². The zero-order valence-electron chi connectivity index (χ0n) is 10.4. The van der Waals surface area contributed by atoms with Crippen molar-refractivity contribution in [2.45, 2.75) is 13.3 Å². The van der Waals surface area contributed by atoms with Crippen LogP contribution in [-0.2, 0) is 13.5 Å². The van der Waals surface area contributed by atoms with Crippen molar-refractivity contribution in [3.8, 4) is 17.0 Å². The van der Waals surface area contributed by atoms with Gasteiger partial charge in [-0.25, -0.2) is 4.98 Å². The van der Waals surface area contributed by atoms with Crippen molar-refractivity contribution in [1.29, 1.82) is 0 Å². The predicted octanol–water partition coefficient (Wildman–Crippen LogP) is 2.24. The number of nitrogen functional groups attached to an aromatic ring is 1. The highest BCUT2D eigenvalue weighted by molar-refractivity contribution is 5.71. The van der Waals surface area contributed by atoms with Gasteiger partial charge in [0.2, 0.25) is 0 Å². The first kappa shape index (κ1) is 11.5. The summed E-state index contributed by atoms with van der Waals surface area (Å²) < 4.78 is 7.12. The third kappa shape index (κ3) is 1.98. The molecule has 1 aromatic carbocycles. The Morgan fingerprint density at radius 1 is 1.41 bits per heavy atom. The topological polar surface area (TPSA) is 53.1 Å². The van der Waals surface area contributed by atoms with E-state index in [9.17, 15) is 0 Å². The predicted molar refractivity (Wildman–Crippen MR) is 69.0 cm³/mol. The molecular weight excluding hydrogens is 214 g/mol. The summed E-state index contributed by atoms with van der Waals surface area (Å²) in [6, 6.07) is 6.02. The van der Waals surface area contributed by atoms with Crippen LogP contribution < -0.4 is 10.5 Å². The lowest BCUT2D eigenvalue weighted by Crippen LogP contribution is -1.97. The summed E-state index contributed by atoms with van der Waals surface area (Å²) in [5.41, 5.74) is 8.98. The molecule has 0 aliphatic rings. The minimum absolute atomic E-state index is 0.678. The second kappa shape index (κ2) is 4.49. The maximum atomic E-state index is 5.97. The number of nitrogens with zero attached hydrogens (tertiary/aromatic N) is 2. The molecule has 2 N–H and O–H groups in total. The number of rotatable bonds is 3. The van der Waals surface area contributed by atoms with Gasteiger partial charge in [0, 0.05) is 12.6 Å². The van der Waals surface area contributed by atoms with Crippen LogP contribution in [0.1, 0.15) is 12.5 Å². The number of nitrogens with two attached hydrogens (primary N) is 1. The Kier molecular flexibility index (Phi) is 3.04. The molecule has 0 spiro atoms. The number of hydrogen-bond acceptors (Lipinski definition) is 3. The van der Waals surface area contributed by atoms with E-state index in [2.05, 4.69) is 18.0 Å². The Balaban J connectivity index is 2.50. The second-order valence-corrected chi connectivity index (χ2v) is 3.97. The van der Waals surface area contributed by atoms with E-state index >= 15 is 0 Å². The van der Waals surface area contributed by atoms with E-state index in [1.54, 1.807) is 13.4 Å². The molecule has 2 aromatic rings. The molecule has 17 heavy (non-hydrogen) atoms. The summed E-state index contributed by atoms with van der Waals surface area (Å²) in [5.74, 6) is 1.59. The zero-order valence-corrected chi connectivity index (χ0v) is 10.4. The molecule has 0 saturated heterocycles. The summed E-state index contributed by atoms with van der Waals surface area (Å²) in [6.45, 7) is 2.10. The number of benzene rings is 1. The monoisotopic (exact) mass is 231 g/mol. The Hall–Kier alpha value is -1.97. The number of aryl methyl sites for hydroxylation is 2. The summed E-state index contributed by atoms with van der Waals surface area (Å²) in [5, 5.41) is 0. The van der Waals surface area contributed by atoms with Crippen molar-refractivity contribution in [3.63, 3.8) is 0 Å². The number of anilines is 1. The quantitative estimate of drug-likeness (QED) is 0.881. The Morgan fingerprint density at radius 3 is 2.71 bits per heavy atom. The van der Waals surface area contributed by atoms with Crippen LogP contribution in [-0.4, -0.2) is 16.7 Å². The van der Waals surface area contributed by atoms with E-state index in [-0.39, 0.29) is 0 Å². The first-order chi connectivity index (χ1) is 8.17. The highest BCUT2D eigenvalue weighted by atomic mass is 16.5. The first-order valence-electron chi connectivity index (χ1n) is 5.61. The maximum Gasteiger partial charge on any atom is 0.131 e. The summed E-state index contributed by atoms with van der Waals surface area (Å²) >= 11 is 0. The van der Waals surface area contributed by atoms with Gasteiger partial charge in [0.1, 0.15) is 17.3 Å². The van der Waals surface area contributed by atoms with Gasteiger partial charge in [-0.1, -0.05) is 6.92 Å². The Labute approximate surface area is 101 Å². The van der Waals surface area contributed by atoms with Gasteiger partial charge in [-0.2, -0.15) is 0 Å². The number of aromatic nitrogens is 2. The van der Waals surface area contributed by atoms with Crippen LogP contribution in [0.2, 0.25) is 0 Å². The molecule has 0 bridgehead atoms. The Bertz CT molecular complexity index is 531. The van der Waals surface area contributed by atoms with Crippen LogP contribution in [0.5, 0.6) is 5.75 Å². The van der Waals surface area contributed by atoms with Crippen molar-refractivity contribution in [3.05, 3.63) is 30.1 Å². The molecule has 4 nitrogen and oxygen atoms in total. The van der Waals surface area contributed by atoms with E-state index in [0.29, 0.717) is 5.82 Å². The van der Waals surface area contributed by atoms with E-state index in [4.69, 9.17) is 10.5 Å². The van der Waals surface area contributed by atoms with Crippen LogP contribution in [0, 0.1) is 0 Å². The molecule has 0 aliphatic carbocycles. The maximum absolute atomic E-state index is 5.97. The van der Waals surface area contributed by atoms with Crippen LogP contribution in [0.3, 0.4) is 0 Å². The molecule has 0 amide bonds. The SMILES string of the molecule is CCc1cc(-c2ncn(C)c2N)ccc1OC. The van der Waals surface area contributed by atoms with Gasteiger partial charge in [-0.3, -0.25) is 0 Å². The number of ether oxygens (including phenoxy) is 1. The molecule has 0 saturated carbocycles. The van der Waals surface area contributed by atoms with E-state index in [1.165, 1.54) is 0 Å². The van der Waals surface area contributed by atoms with Crippen LogP contribution >= 0.6 is 0 Å². The van der Waals surface area contributed by atoms with E-state index in [0.717, 1.165) is 29.0 Å². The van der Waals surface area contributed by atoms with Gasteiger partial charge in [-0.05, 0) is 30.2 Å². The summed E-state index contributed by atoms with van der Waals surface area (Å²) in [6.07, 6.45) is 2.64. The van der Waals surface area contributed by atoms with Gasteiger partial charge < -0.3 is 15.0 Å². The molecule has 0 atom stereocenters. The lowest BCUT2D eigenvalue weighted by atomic mass is 10.1. The summed E-state index contributed by atoms with van der Waals surface area (Å²) in [7, 11) is 3.57. The van der Waals surface area contributed by atoms with Gasteiger partial charge in [0.05, 0.1) is 13.4 Å². The molecule has 90 valence electrons. The fraction of sp³-hybridized carbons (Fsp3) is 0.308. The molecule has 0 unspecified atom stereocenters. The highest BCUT2D eigenvalue weighted by Gasteiger charge is 2.10. The normalized spacial score (nSPS) is 10.5. The lowest BCUT2D eigenvalue weighted by Gasteiger charge is -2.08. The Morgan fingerprint density at radius 2 is 2.18 bits per heavy atom. The molecule has 0 fully saturated rings. The highest BCUT2D eigenvalue weighted by Crippen LogP contribution is 2.29. The molecule has 1 aromatic heterocycles. The summed E-state index contributed by atoms with van der Waals surface area (Å²) in [4.78, 5) is 4.31. The standard InChI is InChI=1S/C13H17N3O/c1-4-9-7-10(5-6-11(9)17-3)12-13(14)16(2)8-15-12/h5-8H,4,14H2,1-3H3. The molecular formula is C13H17N3O. The van der Waals surface area contributed by atoms with Crippen molar-refractivity contribution in [2.24, 2.45) is 7.05 Å². The molecule has 1 heterocycles. The van der Waals surface area contributed by atoms with Gasteiger partial charge in [-0.15, -0.1) is 0 Å². The van der Waals surface area contributed by atoms with E-state index in [1.807, 2.05) is 23.7 Å². The largest absolute Gasteiger partial charge is 0.496 e. The molecule has 4 heteroatoms. The molecule has 2 rings (SSSR count).